The minimum Gasteiger partial charge on any atom is -0.461 e. The molecule has 0 radical (unpaired) electrons. The van der Waals surface area contributed by atoms with E-state index in [1.807, 2.05) is 31.2 Å². The van der Waals surface area contributed by atoms with E-state index in [-0.39, 0.29) is 11.9 Å². The van der Waals surface area contributed by atoms with Crippen LogP contribution in [0.2, 0.25) is 0 Å². The number of nitrogens with one attached hydrogen (secondary N) is 2. The van der Waals surface area contributed by atoms with Crippen LogP contribution >= 0.6 is 15.9 Å². The molecule has 23 heavy (non-hydrogen) atoms. The monoisotopic (exact) mass is 379 g/mol. The molecule has 3 atom stereocenters. The molecule has 1 aromatic carbocycles. The Kier molecular flexibility index (Phi) is 5.04. The van der Waals surface area contributed by atoms with Crippen LogP contribution in [-0.4, -0.2) is 31.1 Å². The first-order valence-corrected chi connectivity index (χ1v) is 8.77. The van der Waals surface area contributed by atoms with Gasteiger partial charge in [0.15, 0.2) is 0 Å². The van der Waals surface area contributed by atoms with Gasteiger partial charge in [0, 0.05) is 22.3 Å². The summed E-state index contributed by atoms with van der Waals surface area (Å²) in [4.78, 5) is 12.3. The van der Waals surface area contributed by atoms with E-state index in [0.29, 0.717) is 12.3 Å². The summed E-state index contributed by atoms with van der Waals surface area (Å²) >= 11 is 3.44. The van der Waals surface area contributed by atoms with Crippen molar-refractivity contribution in [1.29, 1.82) is 0 Å². The number of furan rings is 1. The van der Waals surface area contributed by atoms with Crippen LogP contribution in [0.4, 0.5) is 0 Å². The van der Waals surface area contributed by atoms with Crippen molar-refractivity contribution in [2.45, 2.75) is 31.8 Å². The molecule has 2 aromatic rings. The topological polar surface area (TPSA) is 80.3 Å². The molecule has 0 saturated carbocycles. The van der Waals surface area contributed by atoms with Gasteiger partial charge in [0.25, 0.3) is 0 Å². The molecular formula is C17H22BrN3O2. The van der Waals surface area contributed by atoms with Crippen molar-refractivity contribution in [3.8, 4) is 0 Å². The fraction of sp³-hybridized carbons (Fsp3) is 0.471. The minimum atomic E-state index is -0.601. The number of carbonyl (C=O) groups is 1. The molecule has 1 amide bonds. The Bertz CT molecular complexity index is 694. The highest BCUT2D eigenvalue weighted by Crippen LogP contribution is 2.24. The number of benzene rings is 1. The predicted molar refractivity (Wildman–Crippen MR) is 94.2 cm³/mol. The van der Waals surface area contributed by atoms with E-state index in [9.17, 15) is 4.79 Å². The lowest BCUT2D eigenvalue weighted by atomic mass is 10.00. The number of carbonyl (C=O) groups excluding carboxylic acids is 1. The number of hydrogen-bond donors (Lipinski definition) is 3. The van der Waals surface area contributed by atoms with Gasteiger partial charge in [-0.15, -0.1) is 0 Å². The summed E-state index contributed by atoms with van der Waals surface area (Å²) in [5.41, 5.74) is 6.86. The number of amides is 1. The lowest BCUT2D eigenvalue weighted by Gasteiger charge is -2.21. The Balaban J connectivity index is 1.60. The van der Waals surface area contributed by atoms with Crippen LogP contribution in [0.25, 0.3) is 11.0 Å². The minimum absolute atomic E-state index is 0.119. The lowest BCUT2D eigenvalue weighted by Crippen LogP contribution is -2.48. The van der Waals surface area contributed by atoms with Crippen molar-refractivity contribution in [2.24, 2.45) is 11.7 Å². The van der Waals surface area contributed by atoms with Crippen LogP contribution in [0.1, 0.15) is 19.1 Å². The average molecular weight is 380 g/mol. The predicted octanol–water partition coefficient (Wildman–Crippen LogP) is 2.18. The molecule has 4 N–H and O–H groups in total. The maximum Gasteiger partial charge on any atom is 0.237 e. The zero-order valence-corrected chi connectivity index (χ0v) is 14.7. The smallest absolute Gasteiger partial charge is 0.237 e. The quantitative estimate of drug-likeness (QED) is 0.743. The third kappa shape index (κ3) is 3.94. The summed E-state index contributed by atoms with van der Waals surface area (Å²) in [6, 6.07) is 7.30. The van der Waals surface area contributed by atoms with Crippen molar-refractivity contribution in [3.63, 3.8) is 0 Å². The summed E-state index contributed by atoms with van der Waals surface area (Å²) < 4.78 is 6.76. The highest BCUT2D eigenvalue weighted by atomic mass is 79.9. The molecule has 1 aromatic heterocycles. The Hall–Kier alpha value is -1.37. The molecule has 0 aliphatic carbocycles. The number of hydrogen-bond acceptors (Lipinski definition) is 4. The number of halogens is 1. The van der Waals surface area contributed by atoms with Crippen molar-refractivity contribution in [1.82, 2.24) is 10.6 Å². The molecular weight excluding hydrogens is 358 g/mol. The van der Waals surface area contributed by atoms with Gasteiger partial charge in [-0.1, -0.05) is 15.9 Å². The average Bonchev–Trinajstić information content (AvgIpc) is 3.15. The highest BCUT2D eigenvalue weighted by Gasteiger charge is 2.25. The first kappa shape index (κ1) is 16.5. The Morgan fingerprint density at radius 2 is 2.35 bits per heavy atom. The van der Waals surface area contributed by atoms with E-state index < -0.39 is 6.04 Å². The summed E-state index contributed by atoms with van der Waals surface area (Å²) in [5.74, 6) is 1.09. The number of fused-ring (bicyclic) bond motifs is 1. The number of nitrogens with two attached hydrogens (primary N) is 1. The second-order valence-electron chi connectivity index (χ2n) is 6.26. The van der Waals surface area contributed by atoms with Gasteiger partial charge in [-0.2, -0.15) is 0 Å². The fourth-order valence-electron chi connectivity index (χ4n) is 3.03. The van der Waals surface area contributed by atoms with E-state index in [4.69, 9.17) is 10.2 Å². The molecule has 1 fully saturated rings. The standard InChI is InChI=1S/C17H22BrN3O2/c1-10(11-4-5-20-9-11)21-17(22)15(19)8-14-7-12-6-13(18)2-3-16(12)23-14/h2-3,6-7,10-11,15,20H,4-5,8-9,19H2,1H3,(H,21,22). The van der Waals surface area contributed by atoms with Crippen LogP contribution in [0.15, 0.2) is 33.2 Å². The van der Waals surface area contributed by atoms with Crippen LogP contribution in [0, 0.1) is 5.92 Å². The van der Waals surface area contributed by atoms with E-state index in [1.165, 1.54) is 0 Å². The van der Waals surface area contributed by atoms with Gasteiger partial charge in [0.05, 0.1) is 6.04 Å². The van der Waals surface area contributed by atoms with Crippen LogP contribution in [0.5, 0.6) is 0 Å². The molecule has 2 heterocycles. The summed E-state index contributed by atoms with van der Waals surface area (Å²) in [6.45, 7) is 4.02. The molecule has 0 bridgehead atoms. The van der Waals surface area contributed by atoms with Crippen LogP contribution < -0.4 is 16.4 Å². The molecule has 5 nitrogen and oxygen atoms in total. The third-order valence-corrected chi connectivity index (χ3v) is 4.96. The van der Waals surface area contributed by atoms with E-state index in [0.717, 1.165) is 40.7 Å². The molecule has 1 aliphatic rings. The molecule has 124 valence electrons. The third-order valence-electron chi connectivity index (χ3n) is 4.46. The molecule has 1 aliphatic heterocycles. The second kappa shape index (κ2) is 7.03. The van der Waals surface area contributed by atoms with Gasteiger partial charge >= 0.3 is 0 Å². The molecule has 3 unspecified atom stereocenters. The van der Waals surface area contributed by atoms with Crippen molar-refractivity contribution >= 4 is 32.8 Å². The molecule has 6 heteroatoms. The normalized spacial score (nSPS) is 20.6. The SMILES string of the molecule is CC(NC(=O)C(N)Cc1cc2cc(Br)ccc2o1)C1CCNC1. The molecule has 1 saturated heterocycles. The Morgan fingerprint density at radius 3 is 3.09 bits per heavy atom. The summed E-state index contributed by atoms with van der Waals surface area (Å²) in [7, 11) is 0. The van der Waals surface area contributed by atoms with Gasteiger partial charge in [0.2, 0.25) is 5.91 Å². The molecule has 0 spiro atoms. The van der Waals surface area contributed by atoms with Gasteiger partial charge in [-0.25, -0.2) is 0 Å². The Labute approximate surface area is 144 Å². The van der Waals surface area contributed by atoms with Crippen LogP contribution in [-0.2, 0) is 11.2 Å². The van der Waals surface area contributed by atoms with Gasteiger partial charge in [0.1, 0.15) is 11.3 Å². The Morgan fingerprint density at radius 1 is 1.52 bits per heavy atom. The van der Waals surface area contributed by atoms with E-state index >= 15 is 0 Å². The van der Waals surface area contributed by atoms with E-state index in [2.05, 4.69) is 26.6 Å². The van der Waals surface area contributed by atoms with Crippen molar-refractivity contribution < 1.29 is 9.21 Å². The lowest BCUT2D eigenvalue weighted by molar-refractivity contribution is -0.123. The fourth-order valence-corrected chi connectivity index (χ4v) is 3.41. The van der Waals surface area contributed by atoms with Crippen LogP contribution in [0.3, 0.4) is 0 Å². The maximum atomic E-state index is 12.3. The highest BCUT2D eigenvalue weighted by molar-refractivity contribution is 9.10. The van der Waals surface area contributed by atoms with Crippen molar-refractivity contribution in [3.05, 3.63) is 34.5 Å². The zero-order chi connectivity index (χ0) is 16.4. The number of rotatable bonds is 5. The second-order valence-corrected chi connectivity index (χ2v) is 7.17. The summed E-state index contributed by atoms with van der Waals surface area (Å²) in [6.07, 6.45) is 1.49. The van der Waals surface area contributed by atoms with Gasteiger partial charge < -0.3 is 20.8 Å². The largest absolute Gasteiger partial charge is 0.461 e. The molecule has 3 rings (SSSR count). The van der Waals surface area contributed by atoms with Gasteiger partial charge in [-0.3, -0.25) is 4.79 Å². The first-order chi connectivity index (χ1) is 11.0. The maximum absolute atomic E-state index is 12.3. The first-order valence-electron chi connectivity index (χ1n) is 7.97. The summed E-state index contributed by atoms with van der Waals surface area (Å²) in [5, 5.41) is 7.35. The van der Waals surface area contributed by atoms with Crippen molar-refractivity contribution in [2.75, 3.05) is 13.1 Å². The van der Waals surface area contributed by atoms with Gasteiger partial charge in [-0.05, 0) is 56.6 Å². The van der Waals surface area contributed by atoms with E-state index in [1.54, 1.807) is 0 Å². The zero-order valence-electron chi connectivity index (χ0n) is 13.1.